The number of nitrogens with zero attached hydrogens (tertiary/aromatic N) is 2. The molecule has 0 fully saturated rings. The van der Waals surface area contributed by atoms with Gasteiger partial charge in [0.25, 0.3) is 0 Å². The number of alkyl halides is 3. The zero-order chi connectivity index (χ0) is 14.8. The number of halogens is 3. The predicted molar refractivity (Wildman–Crippen MR) is 69.5 cm³/mol. The van der Waals surface area contributed by atoms with Crippen molar-refractivity contribution in [3.05, 3.63) is 35.2 Å². The Hall–Kier alpha value is -1.54. The van der Waals surface area contributed by atoms with Crippen LogP contribution in [0.2, 0.25) is 0 Å². The van der Waals surface area contributed by atoms with E-state index in [-0.39, 0.29) is 10.1 Å². The van der Waals surface area contributed by atoms with Crippen molar-refractivity contribution in [3.8, 4) is 0 Å². The Morgan fingerprint density at radius 2 is 2.10 bits per heavy atom. The highest BCUT2D eigenvalue weighted by Crippen LogP contribution is 2.39. The number of hydrogen-bond acceptors (Lipinski definition) is 4. The lowest BCUT2D eigenvalue weighted by Gasteiger charge is -2.13. The predicted octanol–water partition coefficient (Wildman–Crippen LogP) is 3.00. The van der Waals surface area contributed by atoms with Gasteiger partial charge in [0, 0.05) is 11.4 Å². The zero-order valence-corrected chi connectivity index (χ0v) is 11.7. The maximum Gasteiger partial charge on any atom is 0.417 e. The van der Waals surface area contributed by atoms with E-state index in [1.165, 1.54) is 6.07 Å². The fourth-order valence-electron chi connectivity index (χ4n) is 1.67. The van der Waals surface area contributed by atoms with Gasteiger partial charge in [-0.05, 0) is 43.4 Å². The van der Waals surface area contributed by atoms with Crippen LogP contribution in [0.3, 0.4) is 0 Å². The van der Waals surface area contributed by atoms with Crippen LogP contribution in [0.5, 0.6) is 0 Å². The summed E-state index contributed by atoms with van der Waals surface area (Å²) in [5, 5.41) is 9.55. The molecule has 0 aliphatic carbocycles. The first-order valence-corrected chi connectivity index (χ1v) is 6.63. The number of aryl methyl sites for hydroxylation is 1. The minimum Gasteiger partial charge on any atom is -0.316 e. The van der Waals surface area contributed by atoms with Crippen molar-refractivity contribution in [1.29, 1.82) is 0 Å². The van der Waals surface area contributed by atoms with E-state index in [4.69, 9.17) is 0 Å². The van der Waals surface area contributed by atoms with Crippen LogP contribution in [0.4, 0.5) is 13.2 Å². The molecule has 8 heteroatoms. The van der Waals surface area contributed by atoms with Gasteiger partial charge in [-0.2, -0.15) is 13.2 Å². The Kier molecular flexibility index (Phi) is 4.34. The molecule has 1 heterocycles. The topological polar surface area (TPSA) is 53.6 Å². The summed E-state index contributed by atoms with van der Waals surface area (Å²) in [6.07, 6.45) is -4.41. The monoisotopic (exact) mass is 302 g/mol. The minimum absolute atomic E-state index is 0.0938. The normalized spacial score (nSPS) is 11.8. The van der Waals surface area contributed by atoms with Gasteiger partial charge in [0.15, 0.2) is 0 Å². The minimum atomic E-state index is -4.41. The van der Waals surface area contributed by atoms with Crippen molar-refractivity contribution in [3.63, 3.8) is 0 Å². The molecule has 0 radical (unpaired) electrons. The van der Waals surface area contributed by atoms with Crippen LogP contribution < -0.4 is 5.32 Å². The van der Waals surface area contributed by atoms with Crippen molar-refractivity contribution in [2.24, 2.45) is 0 Å². The van der Waals surface area contributed by atoms with Gasteiger partial charge in [-0.25, -0.2) is 4.98 Å². The van der Waals surface area contributed by atoms with Crippen LogP contribution >= 0.6 is 11.8 Å². The molecule has 0 aliphatic heterocycles. The van der Waals surface area contributed by atoms with E-state index >= 15 is 0 Å². The SMILES string of the molecule is CNCc1ccc(Sc2n[nH]c(C)n2)c(C(F)(F)F)c1. The Balaban J connectivity index is 2.36. The van der Waals surface area contributed by atoms with Gasteiger partial charge in [-0.15, -0.1) is 5.10 Å². The quantitative estimate of drug-likeness (QED) is 0.911. The van der Waals surface area contributed by atoms with E-state index in [1.807, 2.05) is 0 Å². The van der Waals surface area contributed by atoms with E-state index in [0.29, 0.717) is 17.9 Å². The third-order valence-electron chi connectivity index (χ3n) is 2.51. The lowest BCUT2D eigenvalue weighted by Crippen LogP contribution is -2.10. The maximum atomic E-state index is 13.1. The molecule has 0 atom stereocenters. The lowest BCUT2D eigenvalue weighted by molar-refractivity contribution is -0.139. The molecule has 0 saturated carbocycles. The second kappa shape index (κ2) is 5.84. The van der Waals surface area contributed by atoms with Crippen LogP contribution in [-0.4, -0.2) is 22.2 Å². The highest BCUT2D eigenvalue weighted by Gasteiger charge is 2.34. The second-order valence-electron chi connectivity index (χ2n) is 4.16. The number of rotatable bonds is 4. The van der Waals surface area contributed by atoms with Crippen molar-refractivity contribution >= 4 is 11.8 Å². The number of hydrogen-bond donors (Lipinski definition) is 2. The average molecular weight is 302 g/mol. The molecule has 1 aromatic heterocycles. The Morgan fingerprint density at radius 3 is 2.65 bits per heavy atom. The molecule has 0 bridgehead atoms. The molecule has 2 rings (SSSR count). The van der Waals surface area contributed by atoms with E-state index in [0.717, 1.165) is 17.8 Å². The number of H-pyrrole nitrogens is 1. The summed E-state index contributed by atoms with van der Waals surface area (Å²) in [6, 6.07) is 4.26. The molecular weight excluding hydrogens is 289 g/mol. The van der Waals surface area contributed by atoms with Crippen LogP contribution in [-0.2, 0) is 12.7 Å². The first-order valence-electron chi connectivity index (χ1n) is 5.81. The Bertz CT molecular complexity index is 595. The highest BCUT2D eigenvalue weighted by molar-refractivity contribution is 7.99. The van der Waals surface area contributed by atoms with Crippen LogP contribution in [0.1, 0.15) is 17.0 Å². The van der Waals surface area contributed by atoms with E-state index in [2.05, 4.69) is 20.5 Å². The third-order valence-corrected chi connectivity index (χ3v) is 3.45. The molecule has 0 aliphatic rings. The largest absolute Gasteiger partial charge is 0.417 e. The molecule has 0 spiro atoms. The molecule has 4 nitrogen and oxygen atoms in total. The molecule has 1 aromatic carbocycles. The average Bonchev–Trinajstić information content (AvgIpc) is 2.76. The first-order chi connectivity index (χ1) is 9.40. The molecule has 2 N–H and O–H groups in total. The van der Waals surface area contributed by atoms with Gasteiger partial charge < -0.3 is 5.32 Å². The van der Waals surface area contributed by atoms with E-state index < -0.39 is 11.7 Å². The van der Waals surface area contributed by atoms with Crippen molar-refractivity contribution in [1.82, 2.24) is 20.5 Å². The number of aromatic amines is 1. The van der Waals surface area contributed by atoms with Gasteiger partial charge in [-0.3, -0.25) is 5.10 Å². The molecular formula is C12H13F3N4S. The summed E-state index contributed by atoms with van der Waals surface area (Å²) in [5.41, 5.74) is -0.0898. The highest BCUT2D eigenvalue weighted by atomic mass is 32.2. The third kappa shape index (κ3) is 3.51. The summed E-state index contributed by atoms with van der Waals surface area (Å²) < 4.78 is 39.3. The maximum absolute atomic E-state index is 13.1. The summed E-state index contributed by atoms with van der Waals surface area (Å²) in [7, 11) is 1.69. The fraction of sp³-hybridized carbons (Fsp3) is 0.333. The van der Waals surface area contributed by atoms with Gasteiger partial charge in [0.1, 0.15) is 5.82 Å². The number of nitrogens with one attached hydrogen (secondary N) is 2. The zero-order valence-electron chi connectivity index (χ0n) is 10.9. The lowest BCUT2D eigenvalue weighted by atomic mass is 10.1. The molecule has 20 heavy (non-hydrogen) atoms. The van der Waals surface area contributed by atoms with Gasteiger partial charge in [0.2, 0.25) is 5.16 Å². The second-order valence-corrected chi connectivity index (χ2v) is 5.17. The van der Waals surface area contributed by atoms with Gasteiger partial charge >= 0.3 is 6.18 Å². The van der Waals surface area contributed by atoms with Crippen LogP contribution in [0.25, 0.3) is 0 Å². The fourth-order valence-corrected chi connectivity index (χ4v) is 2.56. The summed E-state index contributed by atoms with van der Waals surface area (Å²) >= 11 is 0.895. The van der Waals surface area contributed by atoms with Gasteiger partial charge in [-0.1, -0.05) is 6.07 Å². The van der Waals surface area contributed by atoms with Crippen LogP contribution in [0.15, 0.2) is 28.3 Å². The molecule has 2 aromatic rings. The Labute approximate surface area is 118 Å². The molecule has 108 valence electrons. The smallest absolute Gasteiger partial charge is 0.316 e. The molecule has 0 amide bonds. The summed E-state index contributed by atoms with van der Waals surface area (Å²) in [5.74, 6) is 0.563. The number of aromatic nitrogens is 3. The van der Waals surface area contributed by atoms with Gasteiger partial charge in [0.05, 0.1) is 5.56 Å². The van der Waals surface area contributed by atoms with Crippen molar-refractivity contribution < 1.29 is 13.2 Å². The summed E-state index contributed by atoms with van der Waals surface area (Å²) in [4.78, 5) is 4.10. The Morgan fingerprint density at radius 1 is 1.35 bits per heavy atom. The van der Waals surface area contributed by atoms with E-state index in [9.17, 15) is 13.2 Å². The summed E-state index contributed by atoms with van der Waals surface area (Å²) in [6.45, 7) is 2.07. The number of benzene rings is 1. The first kappa shape index (κ1) is 14.9. The molecule has 0 unspecified atom stereocenters. The van der Waals surface area contributed by atoms with Crippen LogP contribution in [0, 0.1) is 6.92 Å². The van der Waals surface area contributed by atoms with E-state index in [1.54, 1.807) is 20.0 Å². The molecule has 0 saturated heterocycles. The van der Waals surface area contributed by atoms with Crippen molar-refractivity contribution in [2.45, 2.75) is 29.7 Å². The standard InChI is InChI=1S/C12H13F3N4S/c1-7-17-11(19-18-7)20-10-4-3-8(6-16-2)5-9(10)12(13,14)15/h3-5,16H,6H2,1-2H3,(H,17,18,19). The van der Waals surface area contributed by atoms with Crippen molar-refractivity contribution in [2.75, 3.05) is 7.05 Å².